The molecule has 0 bridgehead atoms. The summed E-state index contributed by atoms with van der Waals surface area (Å²) in [6, 6.07) is 0. The van der Waals surface area contributed by atoms with E-state index in [9.17, 15) is 0 Å². The van der Waals surface area contributed by atoms with Crippen molar-refractivity contribution >= 4 is 45.6 Å². The van der Waals surface area contributed by atoms with Crippen LogP contribution in [-0.2, 0) is 4.57 Å². The second-order valence-corrected chi connectivity index (χ2v) is 1.41. The molecule has 0 aliphatic carbocycles. The predicted octanol–water partition coefficient (Wildman–Crippen LogP) is -3.24. The Kier molecular flexibility index (Phi) is 23.6. The van der Waals surface area contributed by atoms with Gasteiger partial charge in [-0.2, -0.15) is 0 Å². The van der Waals surface area contributed by atoms with Gasteiger partial charge in [-0.25, -0.2) is 0 Å². The Balaban J connectivity index is -0.0000000267. The fourth-order valence-corrected chi connectivity index (χ4v) is 0. The summed E-state index contributed by atoms with van der Waals surface area (Å²) in [6.45, 7) is 0. The van der Waals surface area contributed by atoms with Crippen molar-refractivity contribution in [2.24, 2.45) is 0 Å². The van der Waals surface area contributed by atoms with E-state index in [1.165, 1.54) is 0 Å². The molecule has 0 aliphatic rings. The maximum atomic E-state index is 8.66. The van der Waals surface area contributed by atoms with Crippen molar-refractivity contribution < 1.29 is 24.7 Å². The van der Waals surface area contributed by atoms with Crippen molar-refractivity contribution in [3.05, 3.63) is 0 Å². The quantitative estimate of drug-likeness (QED) is 0.290. The fourth-order valence-electron chi connectivity index (χ4n) is 0. The van der Waals surface area contributed by atoms with Crippen molar-refractivity contribution in [3.63, 3.8) is 0 Å². The summed E-state index contributed by atoms with van der Waals surface area (Å²) < 4.78 is 8.66. The van der Waals surface area contributed by atoms with Crippen LogP contribution < -0.4 is 15.9 Å². The predicted molar refractivity (Wildman–Crippen MR) is 24.2 cm³/mol. The van der Waals surface area contributed by atoms with Gasteiger partial charge in [0.2, 0.25) is 0 Å². The monoisotopic (exact) mass is 171 g/mol. The van der Waals surface area contributed by atoms with Crippen LogP contribution in [0.1, 0.15) is 0 Å². The second-order valence-electron chi connectivity index (χ2n) is 0.469. The summed E-state index contributed by atoms with van der Waals surface area (Å²) in [5.41, 5.74) is 0. The molecular formula is H6CaNO5P. The van der Waals surface area contributed by atoms with Crippen LogP contribution in [0.15, 0.2) is 0 Å². The number of phosphoric acid groups is 1. The van der Waals surface area contributed by atoms with Crippen LogP contribution in [0, 0.1) is 0 Å². The van der Waals surface area contributed by atoms with Crippen LogP contribution in [0.5, 0.6) is 0 Å². The first-order valence-corrected chi connectivity index (χ1v) is 2.24. The molecule has 8 heteroatoms. The van der Waals surface area contributed by atoms with E-state index in [4.69, 9.17) is 19.2 Å². The van der Waals surface area contributed by atoms with Gasteiger partial charge >= 0.3 is 37.7 Å². The first-order valence-electron chi connectivity index (χ1n) is 0.748. The van der Waals surface area contributed by atoms with Gasteiger partial charge in [0.25, 0.3) is 0 Å². The Morgan fingerprint density at radius 2 is 1.38 bits per heavy atom. The minimum Gasteiger partial charge on any atom is -0.790 e. The molecular weight excluding hydrogens is 165 g/mol. The molecule has 0 aliphatic heterocycles. The van der Waals surface area contributed by atoms with Crippen molar-refractivity contribution in [1.29, 1.82) is 0 Å². The molecule has 0 aromatic heterocycles. The van der Waals surface area contributed by atoms with E-state index in [0.29, 0.717) is 0 Å². The summed E-state index contributed by atoms with van der Waals surface area (Å²) in [5, 5.41) is 0. The Morgan fingerprint density at radius 3 is 1.38 bits per heavy atom. The molecule has 0 saturated heterocycles. The van der Waals surface area contributed by atoms with E-state index in [1.54, 1.807) is 0 Å². The minimum atomic E-state index is -5.14. The van der Waals surface area contributed by atoms with Gasteiger partial charge in [-0.3, -0.25) is 0 Å². The molecule has 48 valence electrons. The molecule has 0 atom stereocenters. The molecule has 0 spiro atoms. The van der Waals surface area contributed by atoms with E-state index in [1.807, 2.05) is 0 Å². The summed E-state index contributed by atoms with van der Waals surface area (Å²) in [5.74, 6) is 0. The SMILES string of the molecule is N.O.O=P([O-])([O-])O.[Ca+2]. The van der Waals surface area contributed by atoms with E-state index in [0.717, 1.165) is 0 Å². The molecule has 0 amide bonds. The van der Waals surface area contributed by atoms with Gasteiger partial charge < -0.3 is 30.9 Å². The van der Waals surface area contributed by atoms with E-state index in [-0.39, 0.29) is 49.4 Å². The Hall–Kier alpha value is 1.29. The maximum Gasteiger partial charge on any atom is 2.00 e. The molecule has 0 unspecified atom stereocenters. The van der Waals surface area contributed by atoms with Crippen molar-refractivity contribution in [2.45, 2.75) is 0 Å². The summed E-state index contributed by atoms with van der Waals surface area (Å²) >= 11 is 0. The second kappa shape index (κ2) is 8.29. The third kappa shape index (κ3) is 173. The molecule has 6 nitrogen and oxygen atoms in total. The normalized spacial score (nSPS) is 7.38. The zero-order chi connectivity index (χ0) is 4.50. The smallest absolute Gasteiger partial charge is 0.790 e. The Morgan fingerprint density at radius 1 is 1.38 bits per heavy atom. The molecule has 0 aromatic carbocycles. The minimum absolute atomic E-state index is 0. The van der Waals surface area contributed by atoms with Crippen LogP contribution in [-0.4, -0.2) is 48.1 Å². The molecule has 0 saturated carbocycles. The molecule has 0 radical (unpaired) electrons. The third-order valence-corrected chi connectivity index (χ3v) is 0. The summed E-state index contributed by atoms with van der Waals surface area (Å²) in [6.07, 6.45) is 0. The van der Waals surface area contributed by atoms with E-state index < -0.39 is 7.82 Å². The summed E-state index contributed by atoms with van der Waals surface area (Å²) in [4.78, 5) is 24.3. The van der Waals surface area contributed by atoms with E-state index >= 15 is 0 Å². The van der Waals surface area contributed by atoms with Crippen LogP contribution in [0.4, 0.5) is 0 Å². The average Bonchev–Trinajstić information content (AvgIpc) is 0.722. The maximum absolute atomic E-state index is 8.66. The van der Waals surface area contributed by atoms with Crippen LogP contribution in [0.3, 0.4) is 0 Å². The van der Waals surface area contributed by atoms with Gasteiger partial charge in [0, 0.05) is 0 Å². The first-order chi connectivity index (χ1) is 2.00. The third-order valence-electron chi connectivity index (χ3n) is 0. The Bertz CT molecular complexity index is 58.6. The van der Waals surface area contributed by atoms with Gasteiger partial charge in [-0.05, 0) is 0 Å². The number of rotatable bonds is 0. The molecule has 0 aromatic rings. The Labute approximate surface area is 76.0 Å². The number of hydrogen-bond acceptors (Lipinski definition) is 4. The molecule has 6 N–H and O–H groups in total. The average molecular weight is 171 g/mol. The van der Waals surface area contributed by atoms with Crippen molar-refractivity contribution in [2.75, 3.05) is 0 Å². The standard InChI is InChI=1S/Ca.H3N.H3O4P.H2O/c;;1-5(2,3)4;/h;1H3;(H3,1,2,3,4);1H2/q+2;;;/p-2. The van der Waals surface area contributed by atoms with Crippen LogP contribution >= 0.6 is 7.82 Å². The van der Waals surface area contributed by atoms with Crippen LogP contribution in [0.25, 0.3) is 0 Å². The van der Waals surface area contributed by atoms with Gasteiger partial charge in [0.15, 0.2) is 0 Å². The van der Waals surface area contributed by atoms with Crippen LogP contribution in [0.2, 0.25) is 0 Å². The largest absolute Gasteiger partial charge is 2.00 e. The van der Waals surface area contributed by atoms with Gasteiger partial charge in [0.1, 0.15) is 0 Å². The first kappa shape index (κ1) is 22.8. The fraction of sp³-hybridized carbons (Fsp3) is 0. The molecule has 0 rings (SSSR count). The van der Waals surface area contributed by atoms with Gasteiger partial charge in [-0.15, -0.1) is 0 Å². The van der Waals surface area contributed by atoms with Crippen molar-refractivity contribution in [1.82, 2.24) is 6.15 Å². The number of hydrogen-bond donors (Lipinski definition) is 2. The van der Waals surface area contributed by atoms with E-state index in [2.05, 4.69) is 0 Å². The topological polar surface area (TPSA) is 150 Å². The van der Waals surface area contributed by atoms with Crippen molar-refractivity contribution in [3.8, 4) is 0 Å². The molecule has 8 heavy (non-hydrogen) atoms. The molecule has 0 fully saturated rings. The zero-order valence-corrected chi connectivity index (χ0v) is 7.14. The summed E-state index contributed by atoms with van der Waals surface area (Å²) in [7, 11) is -5.14. The van der Waals surface area contributed by atoms with Gasteiger partial charge in [0.05, 0.1) is 7.82 Å². The van der Waals surface area contributed by atoms with Gasteiger partial charge in [-0.1, -0.05) is 0 Å². The zero-order valence-electron chi connectivity index (χ0n) is 4.03. The molecule has 0 heterocycles.